The molecule has 0 unspecified atom stereocenters. The lowest BCUT2D eigenvalue weighted by atomic mass is 10.1. The number of amides is 2. The Bertz CT molecular complexity index is 960. The normalized spacial score (nSPS) is 9.97. The van der Waals surface area contributed by atoms with E-state index in [1.54, 1.807) is 31.2 Å². The quantitative estimate of drug-likeness (QED) is 0.368. The van der Waals surface area contributed by atoms with Gasteiger partial charge in [-0.1, -0.05) is 6.92 Å². The fourth-order valence-electron chi connectivity index (χ4n) is 2.16. The van der Waals surface area contributed by atoms with E-state index in [4.69, 9.17) is 12.2 Å². The molecule has 0 saturated carbocycles. The van der Waals surface area contributed by atoms with Crippen molar-refractivity contribution in [2.75, 3.05) is 10.6 Å². The van der Waals surface area contributed by atoms with Crippen LogP contribution in [0.15, 0.2) is 42.5 Å². The van der Waals surface area contributed by atoms with E-state index in [0.29, 0.717) is 17.8 Å². The first kappa shape index (κ1) is 21.4. The molecule has 2 amide bonds. The van der Waals surface area contributed by atoms with Crippen LogP contribution in [0.1, 0.15) is 23.7 Å². The van der Waals surface area contributed by atoms with Gasteiger partial charge in [0.2, 0.25) is 5.91 Å². The maximum absolute atomic E-state index is 12.3. The van der Waals surface area contributed by atoms with Crippen molar-refractivity contribution in [1.82, 2.24) is 5.32 Å². The Morgan fingerprint density at radius 2 is 1.41 bits per heavy atom. The highest BCUT2D eigenvalue weighted by Gasteiger charge is 2.20. The monoisotopic (exact) mass is 417 g/mol. The fraction of sp³-hybridized carbons (Fsp3) is 0.118. The number of nitrogens with one attached hydrogen (secondary N) is 3. The van der Waals surface area contributed by atoms with Crippen molar-refractivity contribution < 1.29 is 19.4 Å². The van der Waals surface area contributed by atoms with Crippen LogP contribution in [-0.2, 0) is 4.79 Å². The standard InChI is InChI=1S/C17H15N5O6S/c1-2-15(23)18-11-3-5-12(6-4-11)19-17(29)20-16(24)10-7-13(21(25)26)9-14(8-10)22(27)28/h3-9H,2H2,1H3,(H,18,23)(H2,19,20,24,29). The van der Waals surface area contributed by atoms with E-state index in [2.05, 4.69) is 16.0 Å². The number of nitro benzene ring substituents is 2. The summed E-state index contributed by atoms with van der Waals surface area (Å²) in [7, 11) is 0. The molecule has 0 saturated heterocycles. The largest absolute Gasteiger partial charge is 0.332 e. The van der Waals surface area contributed by atoms with Gasteiger partial charge in [-0.3, -0.25) is 35.1 Å². The smallest absolute Gasteiger partial charge is 0.277 e. The Morgan fingerprint density at radius 3 is 1.86 bits per heavy atom. The summed E-state index contributed by atoms with van der Waals surface area (Å²) in [5, 5.41) is 29.4. The molecule has 0 heterocycles. The van der Waals surface area contributed by atoms with E-state index in [-0.39, 0.29) is 16.6 Å². The predicted octanol–water partition coefficient (Wildman–Crippen LogP) is 2.98. The Labute approximate surface area is 169 Å². The van der Waals surface area contributed by atoms with Crippen molar-refractivity contribution in [1.29, 1.82) is 0 Å². The van der Waals surface area contributed by atoms with Crippen LogP contribution in [0.4, 0.5) is 22.7 Å². The highest BCUT2D eigenvalue weighted by atomic mass is 32.1. The van der Waals surface area contributed by atoms with Gasteiger partial charge in [0.25, 0.3) is 17.3 Å². The number of hydrogen-bond acceptors (Lipinski definition) is 7. The van der Waals surface area contributed by atoms with Crippen LogP contribution in [0, 0.1) is 20.2 Å². The first-order chi connectivity index (χ1) is 13.7. The molecule has 0 aliphatic carbocycles. The van der Waals surface area contributed by atoms with E-state index in [1.165, 1.54) is 0 Å². The minimum atomic E-state index is -0.846. The molecule has 0 radical (unpaired) electrons. The van der Waals surface area contributed by atoms with Crippen LogP contribution < -0.4 is 16.0 Å². The average molecular weight is 417 g/mol. The van der Waals surface area contributed by atoms with E-state index in [0.717, 1.165) is 18.2 Å². The number of nitrogens with zero attached hydrogens (tertiary/aromatic N) is 2. The van der Waals surface area contributed by atoms with Gasteiger partial charge in [0.15, 0.2) is 5.11 Å². The zero-order valence-electron chi connectivity index (χ0n) is 15.0. The molecule has 12 heteroatoms. The van der Waals surface area contributed by atoms with Gasteiger partial charge >= 0.3 is 0 Å². The maximum Gasteiger partial charge on any atom is 0.277 e. The minimum absolute atomic E-state index is 0.116. The molecule has 0 atom stereocenters. The second-order valence-electron chi connectivity index (χ2n) is 5.64. The van der Waals surface area contributed by atoms with Gasteiger partial charge in [-0.15, -0.1) is 0 Å². The first-order valence-electron chi connectivity index (χ1n) is 8.15. The number of thiocarbonyl (C=S) groups is 1. The summed E-state index contributed by atoms with van der Waals surface area (Å²) in [4.78, 5) is 43.8. The molecule has 0 bridgehead atoms. The van der Waals surface area contributed by atoms with E-state index in [1.807, 2.05) is 0 Å². The van der Waals surface area contributed by atoms with Gasteiger partial charge in [-0.2, -0.15) is 0 Å². The third-order valence-electron chi connectivity index (χ3n) is 3.56. The number of nitro groups is 2. The van der Waals surface area contributed by atoms with Gasteiger partial charge in [0.1, 0.15) is 0 Å². The highest BCUT2D eigenvalue weighted by molar-refractivity contribution is 7.80. The van der Waals surface area contributed by atoms with E-state index in [9.17, 15) is 29.8 Å². The van der Waals surface area contributed by atoms with Gasteiger partial charge in [0.05, 0.1) is 21.5 Å². The third-order valence-corrected chi connectivity index (χ3v) is 3.77. The predicted molar refractivity (Wildman–Crippen MR) is 109 cm³/mol. The number of rotatable bonds is 6. The van der Waals surface area contributed by atoms with Crippen molar-refractivity contribution in [2.24, 2.45) is 0 Å². The number of carbonyl (C=O) groups excluding carboxylic acids is 2. The Morgan fingerprint density at radius 1 is 0.931 bits per heavy atom. The molecule has 3 N–H and O–H groups in total. The van der Waals surface area contributed by atoms with Crippen LogP contribution in [-0.4, -0.2) is 26.8 Å². The summed E-state index contributed by atoms with van der Waals surface area (Å²) >= 11 is 5.02. The summed E-state index contributed by atoms with van der Waals surface area (Å²) in [5.41, 5.74) is -0.371. The average Bonchev–Trinajstić information content (AvgIpc) is 2.68. The molecule has 0 spiro atoms. The van der Waals surface area contributed by atoms with Crippen molar-refractivity contribution >= 4 is 51.9 Å². The number of benzene rings is 2. The van der Waals surface area contributed by atoms with Gasteiger partial charge in [-0.05, 0) is 36.5 Å². The van der Waals surface area contributed by atoms with Crippen molar-refractivity contribution in [3.8, 4) is 0 Å². The topological polar surface area (TPSA) is 157 Å². The van der Waals surface area contributed by atoms with Gasteiger partial charge in [0, 0.05) is 29.9 Å². The molecule has 29 heavy (non-hydrogen) atoms. The molecule has 2 aromatic rings. The van der Waals surface area contributed by atoms with Crippen LogP contribution in [0.5, 0.6) is 0 Å². The Balaban J connectivity index is 2.07. The molecule has 0 aliphatic heterocycles. The summed E-state index contributed by atoms with van der Waals surface area (Å²) < 4.78 is 0. The van der Waals surface area contributed by atoms with Gasteiger partial charge in [-0.25, -0.2) is 0 Å². The lowest BCUT2D eigenvalue weighted by molar-refractivity contribution is -0.394. The maximum atomic E-state index is 12.3. The third kappa shape index (κ3) is 6.04. The lowest BCUT2D eigenvalue weighted by Crippen LogP contribution is -2.34. The molecule has 150 valence electrons. The van der Waals surface area contributed by atoms with Crippen molar-refractivity contribution in [3.05, 3.63) is 68.3 Å². The molecule has 11 nitrogen and oxygen atoms in total. The van der Waals surface area contributed by atoms with E-state index < -0.39 is 27.1 Å². The Hall–Kier alpha value is -3.93. The summed E-state index contributed by atoms with van der Waals surface area (Å²) in [5.74, 6) is -0.985. The number of anilines is 2. The highest BCUT2D eigenvalue weighted by Crippen LogP contribution is 2.22. The van der Waals surface area contributed by atoms with Crippen molar-refractivity contribution in [2.45, 2.75) is 13.3 Å². The summed E-state index contributed by atoms with van der Waals surface area (Å²) in [6, 6.07) is 9.07. The van der Waals surface area contributed by atoms with Gasteiger partial charge < -0.3 is 10.6 Å². The van der Waals surface area contributed by atoms with Crippen LogP contribution in [0.25, 0.3) is 0 Å². The first-order valence-corrected chi connectivity index (χ1v) is 8.56. The summed E-state index contributed by atoms with van der Waals surface area (Å²) in [6.45, 7) is 1.72. The summed E-state index contributed by atoms with van der Waals surface area (Å²) in [6.07, 6.45) is 0.339. The molecule has 2 aromatic carbocycles. The SMILES string of the molecule is CCC(=O)Nc1ccc(NC(=S)NC(=O)c2cc([N+](=O)[O-])cc([N+](=O)[O-])c2)cc1. The molecule has 0 aliphatic rings. The van der Waals surface area contributed by atoms with Crippen molar-refractivity contribution in [3.63, 3.8) is 0 Å². The lowest BCUT2D eigenvalue weighted by Gasteiger charge is -2.10. The molecule has 0 fully saturated rings. The molecular formula is C17H15N5O6S. The Kier molecular flexibility index (Phi) is 6.87. The number of non-ortho nitro benzene ring substituents is 2. The van der Waals surface area contributed by atoms with Crippen LogP contribution in [0.2, 0.25) is 0 Å². The fourth-order valence-corrected chi connectivity index (χ4v) is 2.37. The molecule has 2 rings (SSSR count). The van der Waals surface area contributed by atoms with E-state index >= 15 is 0 Å². The zero-order valence-corrected chi connectivity index (χ0v) is 15.8. The number of carbonyl (C=O) groups is 2. The second-order valence-corrected chi connectivity index (χ2v) is 6.05. The zero-order chi connectivity index (χ0) is 21.6. The number of hydrogen-bond donors (Lipinski definition) is 3. The molecular weight excluding hydrogens is 402 g/mol. The minimum Gasteiger partial charge on any atom is -0.332 e. The molecule has 0 aromatic heterocycles. The van der Waals surface area contributed by atoms with Crippen LogP contribution in [0.3, 0.4) is 0 Å². The van der Waals surface area contributed by atoms with Crippen LogP contribution >= 0.6 is 12.2 Å². The second kappa shape index (κ2) is 9.32.